The van der Waals surface area contributed by atoms with Crippen LogP contribution in [0.5, 0.6) is 0 Å². The molecule has 0 radical (unpaired) electrons. The highest BCUT2D eigenvalue weighted by Crippen LogP contribution is 2.60. The molecule has 2 saturated heterocycles. The van der Waals surface area contributed by atoms with Gasteiger partial charge in [-0.2, -0.15) is 0 Å². The second-order valence-electron chi connectivity index (χ2n) is 8.13. The standard InChI is InChI=1S/C17H29NO2/c18-12-16(11-13-3-4-14(16)20-13)17(19)9-7-15(8-10-17)5-1-2-6-15/h13-14,19H,1-12,18H2. The molecule has 3 heteroatoms. The highest BCUT2D eigenvalue weighted by molar-refractivity contribution is 5.13. The predicted molar refractivity (Wildman–Crippen MR) is 78.3 cm³/mol. The summed E-state index contributed by atoms with van der Waals surface area (Å²) in [4.78, 5) is 0. The first-order valence-corrected chi connectivity index (χ1v) is 8.70. The van der Waals surface area contributed by atoms with Gasteiger partial charge in [0.15, 0.2) is 0 Å². The average molecular weight is 279 g/mol. The molecule has 0 amide bonds. The number of ether oxygens (including phenoxy) is 1. The maximum Gasteiger partial charge on any atom is 0.0742 e. The van der Waals surface area contributed by atoms with Crippen molar-refractivity contribution < 1.29 is 9.84 Å². The van der Waals surface area contributed by atoms with Gasteiger partial charge in [0.1, 0.15) is 0 Å². The molecule has 0 aromatic heterocycles. The van der Waals surface area contributed by atoms with Gasteiger partial charge in [-0.25, -0.2) is 0 Å². The molecule has 2 heterocycles. The summed E-state index contributed by atoms with van der Waals surface area (Å²) in [5.74, 6) is 0. The molecule has 114 valence electrons. The first kappa shape index (κ1) is 13.5. The highest BCUT2D eigenvalue weighted by Gasteiger charge is 2.63. The van der Waals surface area contributed by atoms with Gasteiger partial charge in [0.25, 0.3) is 0 Å². The van der Waals surface area contributed by atoms with Gasteiger partial charge >= 0.3 is 0 Å². The van der Waals surface area contributed by atoms with Crippen LogP contribution in [-0.4, -0.2) is 29.5 Å². The van der Waals surface area contributed by atoms with Crippen molar-refractivity contribution >= 4 is 0 Å². The van der Waals surface area contributed by atoms with Crippen molar-refractivity contribution in [1.82, 2.24) is 0 Å². The first-order chi connectivity index (χ1) is 9.62. The molecule has 1 spiro atoms. The topological polar surface area (TPSA) is 55.5 Å². The molecule has 3 nitrogen and oxygen atoms in total. The zero-order chi connectivity index (χ0) is 13.8. The van der Waals surface area contributed by atoms with E-state index in [1.54, 1.807) is 0 Å². The second-order valence-corrected chi connectivity index (χ2v) is 8.13. The van der Waals surface area contributed by atoms with Crippen molar-refractivity contribution in [2.24, 2.45) is 16.6 Å². The van der Waals surface area contributed by atoms with Crippen molar-refractivity contribution in [3.8, 4) is 0 Å². The Morgan fingerprint density at radius 3 is 2.20 bits per heavy atom. The molecule has 3 unspecified atom stereocenters. The van der Waals surface area contributed by atoms with E-state index >= 15 is 0 Å². The van der Waals surface area contributed by atoms with Gasteiger partial charge in [0.2, 0.25) is 0 Å². The summed E-state index contributed by atoms with van der Waals surface area (Å²) in [6.45, 7) is 0.595. The normalized spacial score (nSPS) is 45.3. The van der Waals surface area contributed by atoms with E-state index in [9.17, 15) is 5.11 Å². The Kier molecular flexibility index (Phi) is 3.00. The van der Waals surface area contributed by atoms with Crippen LogP contribution in [-0.2, 0) is 4.74 Å². The van der Waals surface area contributed by atoms with Crippen molar-refractivity contribution in [1.29, 1.82) is 0 Å². The van der Waals surface area contributed by atoms with Gasteiger partial charge in [-0.1, -0.05) is 12.8 Å². The van der Waals surface area contributed by atoms with E-state index in [2.05, 4.69) is 0 Å². The monoisotopic (exact) mass is 279 g/mol. The second kappa shape index (κ2) is 4.44. The van der Waals surface area contributed by atoms with Gasteiger partial charge in [-0.3, -0.25) is 0 Å². The molecule has 4 aliphatic rings. The number of nitrogens with two attached hydrogens (primary N) is 1. The Balaban J connectivity index is 1.55. The minimum Gasteiger partial charge on any atom is -0.389 e. The Morgan fingerprint density at radius 2 is 1.70 bits per heavy atom. The fourth-order valence-corrected chi connectivity index (χ4v) is 6.01. The smallest absolute Gasteiger partial charge is 0.0742 e. The maximum atomic E-state index is 11.4. The van der Waals surface area contributed by atoms with Gasteiger partial charge in [-0.15, -0.1) is 0 Å². The van der Waals surface area contributed by atoms with Crippen LogP contribution in [0.25, 0.3) is 0 Å². The van der Waals surface area contributed by atoms with Gasteiger partial charge in [-0.05, 0) is 63.2 Å². The Labute approximate surface area is 122 Å². The van der Waals surface area contributed by atoms with Crippen molar-refractivity contribution in [2.75, 3.05) is 6.54 Å². The highest BCUT2D eigenvalue weighted by atomic mass is 16.5. The number of rotatable bonds is 2. The number of fused-ring (bicyclic) bond motifs is 2. The molecular weight excluding hydrogens is 250 g/mol. The number of hydrogen-bond donors (Lipinski definition) is 2. The molecule has 3 atom stereocenters. The molecular formula is C17H29NO2. The van der Waals surface area contributed by atoms with Crippen LogP contribution in [0, 0.1) is 10.8 Å². The fourth-order valence-electron chi connectivity index (χ4n) is 6.01. The van der Waals surface area contributed by atoms with E-state index in [-0.39, 0.29) is 11.5 Å². The third-order valence-electron chi connectivity index (χ3n) is 7.41. The Morgan fingerprint density at radius 1 is 1.00 bits per heavy atom. The minimum atomic E-state index is -0.560. The number of hydrogen-bond acceptors (Lipinski definition) is 3. The van der Waals surface area contributed by atoms with Crippen molar-refractivity contribution in [2.45, 2.75) is 88.4 Å². The molecule has 4 rings (SSSR count). The largest absolute Gasteiger partial charge is 0.389 e. The molecule has 0 aromatic carbocycles. The molecule has 20 heavy (non-hydrogen) atoms. The molecule has 4 fully saturated rings. The van der Waals surface area contributed by atoms with E-state index in [1.807, 2.05) is 0 Å². The van der Waals surface area contributed by atoms with Crippen LogP contribution in [0.2, 0.25) is 0 Å². The summed E-state index contributed by atoms with van der Waals surface area (Å²) in [7, 11) is 0. The lowest BCUT2D eigenvalue weighted by Crippen LogP contribution is -2.59. The van der Waals surface area contributed by atoms with Crippen LogP contribution >= 0.6 is 0 Å². The molecule has 2 bridgehead atoms. The molecule has 3 N–H and O–H groups in total. The van der Waals surface area contributed by atoms with Crippen molar-refractivity contribution in [3.63, 3.8) is 0 Å². The summed E-state index contributed by atoms with van der Waals surface area (Å²) in [5, 5.41) is 11.4. The lowest BCUT2D eigenvalue weighted by molar-refractivity contribution is -0.147. The third kappa shape index (κ3) is 1.69. The predicted octanol–water partition coefficient (Wildman–Crippen LogP) is 2.75. The molecule has 0 aromatic rings. The fraction of sp³-hybridized carbons (Fsp3) is 1.00. The maximum absolute atomic E-state index is 11.4. The number of aliphatic hydroxyl groups is 1. The molecule has 2 aliphatic carbocycles. The lowest BCUT2D eigenvalue weighted by atomic mass is 9.55. The van der Waals surface area contributed by atoms with Gasteiger partial charge in [0.05, 0.1) is 17.8 Å². The molecule has 2 aliphatic heterocycles. The minimum absolute atomic E-state index is 0.143. The van der Waals surface area contributed by atoms with Crippen molar-refractivity contribution in [3.05, 3.63) is 0 Å². The van der Waals surface area contributed by atoms with E-state index in [0.717, 1.165) is 25.7 Å². The third-order valence-corrected chi connectivity index (χ3v) is 7.41. The van der Waals surface area contributed by atoms with E-state index in [1.165, 1.54) is 44.9 Å². The summed E-state index contributed by atoms with van der Waals surface area (Å²) in [6.07, 6.45) is 13.8. The van der Waals surface area contributed by atoms with Crippen LogP contribution in [0.15, 0.2) is 0 Å². The van der Waals surface area contributed by atoms with E-state index in [4.69, 9.17) is 10.5 Å². The quantitative estimate of drug-likeness (QED) is 0.817. The Hall–Kier alpha value is -0.120. The molecule has 2 saturated carbocycles. The SMILES string of the molecule is NCC1(C2(O)CCC3(CCCC3)CC2)CC2CCC1O2. The summed E-state index contributed by atoms with van der Waals surface area (Å²) in [6, 6.07) is 0. The summed E-state index contributed by atoms with van der Waals surface area (Å²) in [5.41, 5.74) is 6.04. The summed E-state index contributed by atoms with van der Waals surface area (Å²) >= 11 is 0. The van der Waals surface area contributed by atoms with Crippen LogP contribution in [0.1, 0.15) is 70.6 Å². The van der Waals surface area contributed by atoms with E-state index < -0.39 is 5.60 Å². The van der Waals surface area contributed by atoms with Gasteiger partial charge < -0.3 is 15.6 Å². The first-order valence-electron chi connectivity index (χ1n) is 8.70. The van der Waals surface area contributed by atoms with Crippen LogP contribution in [0.4, 0.5) is 0 Å². The Bertz CT molecular complexity index is 380. The van der Waals surface area contributed by atoms with E-state index in [0.29, 0.717) is 18.1 Å². The zero-order valence-electron chi connectivity index (χ0n) is 12.6. The average Bonchev–Trinajstić information content (AvgIpc) is 3.18. The lowest BCUT2D eigenvalue weighted by Gasteiger charge is -2.53. The van der Waals surface area contributed by atoms with Gasteiger partial charge in [0, 0.05) is 12.0 Å². The zero-order valence-corrected chi connectivity index (χ0v) is 12.6. The summed E-state index contributed by atoms with van der Waals surface area (Å²) < 4.78 is 6.07. The van der Waals surface area contributed by atoms with Crippen LogP contribution in [0.3, 0.4) is 0 Å². The van der Waals surface area contributed by atoms with Crippen LogP contribution < -0.4 is 5.73 Å².